The first kappa shape index (κ1) is 10.4. The van der Waals surface area contributed by atoms with E-state index in [1.54, 1.807) is 0 Å². The first-order valence-electron chi connectivity index (χ1n) is 5.86. The van der Waals surface area contributed by atoms with Crippen LogP contribution in [0.1, 0.15) is 54.4 Å². The SMILES string of the molecule is CC1CCCCC1c1ccc(C=O)cc1. The van der Waals surface area contributed by atoms with Crippen molar-refractivity contribution in [2.75, 3.05) is 0 Å². The van der Waals surface area contributed by atoms with E-state index in [0.717, 1.165) is 17.8 Å². The Bertz CT molecular complexity index is 326. The van der Waals surface area contributed by atoms with Crippen LogP contribution in [0, 0.1) is 5.92 Å². The fraction of sp³-hybridized carbons (Fsp3) is 0.500. The zero-order valence-corrected chi connectivity index (χ0v) is 9.28. The molecule has 1 nitrogen and oxygen atoms in total. The van der Waals surface area contributed by atoms with Gasteiger partial charge in [-0.05, 0) is 23.8 Å². The highest BCUT2D eigenvalue weighted by Gasteiger charge is 2.22. The van der Waals surface area contributed by atoms with Crippen molar-refractivity contribution >= 4 is 6.29 Å². The Labute approximate surface area is 91.5 Å². The Morgan fingerprint density at radius 3 is 2.40 bits per heavy atom. The fourth-order valence-corrected chi connectivity index (χ4v) is 2.63. The van der Waals surface area contributed by atoms with E-state index >= 15 is 0 Å². The van der Waals surface area contributed by atoms with Crippen molar-refractivity contribution in [1.82, 2.24) is 0 Å². The fourth-order valence-electron chi connectivity index (χ4n) is 2.63. The summed E-state index contributed by atoms with van der Waals surface area (Å²) in [4.78, 5) is 10.6. The number of hydrogen-bond donors (Lipinski definition) is 0. The molecular formula is C14H18O. The second-order valence-electron chi connectivity index (χ2n) is 4.65. The molecule has 1 aliphatic rings. The quantitative estimate of drug-likeness (QED) is 0.667. The van der Waals surface area contributed by atoms with Crippen molar-refractivity contribution in [2.24, 2.45) is 5.92 Å². The smallest absolute Gasteiger partial charge is 0.150 e. The molecule has 1 aromatic carbocycles. The normalized spacial score (nSPS) is 26.2. The molecule has 0 saturated heterocycles. The maximum Gasteiger partial charge on any atom is 0.150 e. The topological polar surface area (TPSA) is 17.1 Å². The van der Waals surface area contributed by atoms with Crippen molar-refractivity contribution < 1.29 is 4.79 Å². The third-order valence-corrected chi connectivity index (χ3v) is 3.61. The minimum atomic E-state index is 0.708. The van der Waals surface area contributed by atoms with Crippen LogP contribution in [-0.2, 0) is 0 Å². The van der Waals surface area contributed by atoms with Gasteiger partial charge in [-0.2, -0.15) is 0 Å². The van der Waals surface area contributed by atoms with Crippen molar-refractivity contribution in [3.63, 3.8) is 0 Å². The lowest BCUT2D eigenvalue weighted by atomic mass is 9.76. The first-order chi connectivity index (χ1) is 7.31. The molecule has 0 aromatic heterocycles. The summed E-state index contributed by atoms with van der Waals surface area (Å²) in [5.41, 5.74) is 2.19. The Morgan fingerprint density at radius 2 is 1.80 bits per heavy atom. The summed E-state index contributed by atoms with van der Waals surface area (Å²) < 4.78 is 0. The molecule has 2 unspecified atom stereocenters. The van der Waals surface area contributed by atoms with Crippen molar-refractivity contribution in [3.8, 4) is 0 Å². The molecule has 0 heterocycles. The second kappa shape index (κ2) is 4.61. The highest BCUT2D eigenvalue weighted by molar-refractivity contribution is 5.74. The maximum atomic E-state index is 10.6. The molecular weight excluding hydrogens is 184 g/mol. The summed E-state index contributed by atoms with van der Waals surface area (Å²) in [5, 5.41) is 0. The number of hydrogen-bond acceptors (Lipinski definition) is 1. The zero-order valence-electron chi connectivity index (χ0n) is 9.28. The van der Waals surface area contributed by atoms with E-state index in [-0.39, 0.29) is 0 Å². The van der Waals surface area contributed by atoms with Gasteiger partial charge in [-0.3, -0.25) is 4.79 Å². The molecule has 0 spiro atoms. The number of benzene rings is 1. The van der Waals surface area contributed by atoms with Gasteiger partial charge in [-0.15, -0.1) is 0 Å². The van der Waals surface area contributed by atoms with Crippen LogP contribution in [0.2, 0.25) is 0 Å². The van der Waals surface area contributed by atoms with Gasteiger partial charge in [0, 0.05) is 5.56 Å². The Kier molecular flexibility index (Phi) is 3.20. The molecule has 0 aliphatic heterocycles. The Hall–Kier alpha value is -1.11. The molecule has 0 amide bonds. The van der Waals surface area contributed by atoms with Gasteiger partial charge in [0.05, 0.1) is 0 Å². The highest BCUT2D eigenvalue weighted by atomic mass is 16.1. The molecule has 2 rings (SSSR count). The zero-order chi connectivity index (χ0) is 10.7. The Balaban J connectivity index is 2.16. The molecule has 15 heavy (non-hydrogen) atoms. The van der Waals surface area contributed by atoms with Gasteiger partial charge in [0.1, 0.15) is 6.29 Å². The number of carbonyl (C=O) groups excluding carboxylic acids is 1. The molecule has 1 saturated carbocycles. The molecule has 1 fully saturated rings. The number of rotatable bonds is 2. The third-order valence-electron chi connectivity index (χ3n) is 3.61. The molecule has 1 heteroatoms. The summed E-state index contributed by atoms with van der Waals surface area (Å²) in [7, 11) is 0. The maximum absolute atomic E-state index is 10.6. The molecule has 0 N–H and O–H groups in total. The summed E-state index contributed by atoms with van der Waals surface area (Å²) in [6, 6.07) is 8.11. The summed E-state index contributed by atoms with van der Waals surface area (Å²) in [5.74, 6) is 1.50. The molecule has 2 atom stereocenters. The van der Waals surface area contributed by atoms with E-state index < -0.39 is 0 Å². The van der Waals surface area contributed by atoms with Crippen LogP contribution in [0.5, 0.6) is 0 Å². The minimum Gasteiger partial charge on any atom is -0.298 e. The monoisotopic (exact) mass is 202 g/mol. The van der Waals surface area contributed by atoms with Crippen LogP contribution in [0.25, 0.3) is 0 Å². The summed E-state index contributed by atoms with van der Waals surface area (Å²) in [6.45, 7) is 2.34. The van der Waals surface area contributed by atoms with Gasteiger partial charge >= 0.3 is 0 Å². The van der Waals surface area contributed by atoms with Gasteiger partial charge in [0.2, 0.25) is 0 Å². The standard InChI is InChI=1S/C14H18O/c1-11-4-2-3-5-14(11)13-8-6-12(10-15)7-9-13/h6-11,14H,2-5H2,1H3. The van der Waals surface area contributed by atoms with Gasteiger partial charge in [0.15, 0.2) is 0 Å². The van der Waals surface area contributed by atoms with Crippen molar-refractivity contribution in [2.45, 2.75) is 38.5 Å². The minimum absolute atomic E-state index is 0.708. The molecule has 80 valence electrons. The van der Waals surface area contributed by atoms with Gasteiger partial charge in [-0.25, -0.2) is 0 Å². The predicted octanol–water partition coefficient (Wildman–Crippen LogP) is 3.79. The summed E-state index contributed by atoms with van der Waals surface area (Å²) in [6.07, 6.45) is 6.30. The van der Waals surface area contributed by atoms with Gasteiger partial charge in [-0.1, -0.05) is 50.5 Å². The van der Waals surface area contributed by atoms with Crippen LogP contribution in [0.4, 0.5) is 0 Å². The van der Waals surface area contributed by atoms with E-state index in [1.165, 1.54) is 31.2 Å². The lowest BCUT2D eigenvalue weighted by Gasteiger charge is -2.29. The predicted molar refractivity (Wildman–Crippen MR) is 62.2 cm³/mol. The van der Waals surface area contributed by atoms with Crippen LogP contribution in [-0.4, -0.2) is 6.29 Å². The van der Waals surface area contributed by atoms with E-state index in [4.69, 9.17) is 0 Å². The van der Waals surface area contributed by atoms with E-state index in [1.807, 2.05) is 12.1 Å². The highest BCUT2D eigenvalue weighted by Crippen LogP contribution is 2.37. The van der Waals surface area contributed by atoms with Crippen molar-refractivity contribution in [1.29, 1.82) is 0 Å². The average molecular weight is 202 g/mol. The number of aldehydes is 1. The average Bonchev–Trinajstić information content (AvgIpc) is 2.30. The first-order valence-corrected chi connectivity index (χ1v) is 5.86. The molecule has 1 aliphatic carbocycles. The largest absolute Gasteiger partial charge is 0.298 e. The number of carbonyl (C=O) groups is 1. The Morgan fingerprint density at radius 1 is 1.13 bits per heavy atom. The lowest BCUT2D eigenvalue weighted by Crippen LogP contribution is -2.14. The third kappa shape index (κ3) is 2.28. The van der Waals surface area contributed by atoms with E-state index in [9.17, 15) is 4.79 Å². The van der Waals surface area contributed by atoms with Gasteiger partial charge in [0.25, 0.3) is 0 Å². The lowest BCUT2D eigenvalue weighted by molar-refractivity contribution is 0.112. The van der Waals surface area contributed by atoms with E-state index in [0.29, 0.717) is 5.92 Å². The van der Waals surface area contributed by atoms with E-state index in [2.05, 4.69) is 19.1 Å². The van der Waals surface area contributed by atoms with Crippen LogP contribution >= 0.6 is 0 Å². The molecule has 0 radical (unpaired) electrons. The molecule has 1 aromatic rings. The molecule has 0 bridgehead atoms. The summed E-state index contributed by atoms with van der Waals surface area (Å²) >= 11 is 0. The van der Waals surface area contributed by atoms with Crippen LogP contribution in [0.15, 0.2) is 24.3 Å². The van der Waals surface area contributed by atoms with Crippen LogP contribution < -0.4 is 0 Å². The van der Waals surface area contributed by atoms with Crippen molar-refractivity contribution in [3.05, 3.63) is 35.4 Å². The van der Waals surface area contributed by atoms with Gasteiger partial charge < -0.3 is 0 Å². The van der Waals surface area contributed by atoms with Crippen LogP contribution in [0.3, 0.4) is 0 Å². The second-order valence-corrected chi connectivity index (χ2v) is 4.65.